The quantitative estimate of drug-likeness (QED) is 0.746. The number of alkyl halides is 3. The maximum atomic E-state index is 12.9. The van der Waals surface area contributed by atoms with E-state index in [2.05, 4.69) is 4.98 Å². The third-order valence-electron chi connectivity index (χ3n) is 3.57. The molecule has 0 saturated carbocycles. The molecule has 0 atom stereocenters. The van der Waals surface area contributed by atoms with Crippen LogP contribution in [0.15, 0.2) is 47.5 Å². The van der Waals surface area contributed by atoms with Crippen LogP contribution in [-0.2, 0) is 22.6 Å². The van der Waals surface area contributed by atoms with Gasteiger partial charge < -0.3 is 0 Å². The molecule has 0 aliphatic carbocycles. The van der Waals surface area contributed by atoms with Gasteiger partial charge in [0.2, 0.25) is 10.0 Å². The first-order valence-corrected chi connectivity index (χ1v) is 9.25. The van der Waals surface area contributed by atoms with Gasteiger partial charge in [0.05, 0.1) is 10.6 Å². The molecule has 0 bridgehead atoms. The Kier molecular flexibility index (Phi) is 6.08. The van der Waals surface area contributed by atoms with Crippen molar-refractivity contribution in [1.82, 2.24) is 9.29 Å². The first kappa shape index (κ1) is 19.7. The number of hydrogen-bond donors (Lipinski definition) is 0. The molecule has 1 heterocycles. The van der Waals surface area contributed by atoms with Crippen LogP contribution in [0.25, 0.3) is 0 Å². The van der Waals surface area contributed by atoms with E-state index in [4.69, 9.17) is 11.6 Å². The molecule has 0 fully saturated rings. The van der Waals surface area contributed by atoms with Crippen molar-refractivity contribution < 1.29 is 21.6 Å². The first-order chi connectivity index (χ1) is 11.7. The Hall–Kier alpha value is -1.64. The van der Waals surface area contributed by atoms with Gasteiger partial charge in [-0.15, -0.1) is 0 Å². The summed E-state index contributed by atoms with van der Waals surface area (Å²) in [7, 11) is -4.16. The van der Waals surface area contributed by atoms with Crippen molar-refractivity contribution in [3.05, 3.63) is 58.9 Å². The van der Waals surface area contributed by atoms with Crippen molar-refractivity contribution in [3.63, 3.8) is 0 Å². The Morgan fingerprint density at radius 3 is 2.48 bits per heavy atom. The molecule has 0 N–H and O–H groups in total. The summed E-state index contributed by atoms with van der Waals surface area (Å²) in [4.78, 5) is 3.56. The molecule has 0 spiro atoms. The van der Waals surface area contributed by atoms with Crippen LogP contribution in [0.3, 0.4) is 0 Å². The smallest absolute Gasteiger partial charge is 0.261 e. The molecule has 1 aromatic carbocycles. The predicted molar refractivity (Wildman–Crippen MR) is 88.8 cm³/mol. The summed E-state index contributed by atoms with van der Waals surface area (Å²) in [6.45, 7) is 1.79. The minimum Gasteiger partial charge on any atom is -0.261 e. The van der Waals surface area contributed by atoms with Gasteiger partial charge in [-0.3, -0.25) is 4.98 Å². The van der Waals surface area contributed by atoms with E-state index < -0.39 is 26.7 Å². The zero-order valence-electron chi connectivity index (χ0n) is 13.3. The lowest BCUT2D eigenvalue weighted by molar-refractivity contribution is -0.137. The van der Waals surface area contributed by atoms with Crippen molar-refractivity contribution in [2.24, 2.45) is 0 Å². The second-order valence-electron chi connectivity index (χ2n) is 5.21. The first-order valence-electron chi connectivity index (χ1n) is 7.43. The van der Waals surface area contributed by atoms with E-state index in [1.807, 2.05) is 0 Å². The number of likely N-dealkylation sites (N-methyl/N-ethyl adjacent to an activating group) is 1. The molecule has 4 nitrogen and oxygen atoms in total. The van der Waals surface area contributed by atoms with Gasteiger partial charge in [-0.1, -0.05) is 24.6 Å². The lowest BCUT2D eigenvalue weighted by atomic mass is 10.2. The van der Waals surface area contributed by atoms with Crippen molar-refractivity contribution in [2.75, 3.05) is 13.1 Å². The lowest BCUT2D eigenvalue weighted by Gasteiger charge is -2.21. The van der Waals surface area contributed by atoms with E-state index in [1.54, 1.807) is 31.3 Å². The van der Waals surface area contributed by atoms with Crippen LogP contribution >= 0.6 is 11.6 Å². The Morgan fingerprint density at radius 2 is 1.92 bits per heavy atom. The van der Waals surface area contributed by atoms with Crippen LogP contribution < -0.4 is 0 Å². The summed E-state index contributed by atoms with van der Waals surface area (Å²) < 4.78 is 65.2. The summed E-state index contributed by atoms with van der Waals surface area (Å²) in [5, 5.41) is -0.246. The highest BCUT2D eigenvalue weighted by Gasteiger charge is 2.34. The number of hydrogen-bond acceptors (Lipinski definition) is 3. The number of benzene rings is 1. The van der Waals surface area contributed by atoms with E-state index in [-0.39, 0.29) is 18.1 Å². The minimum atomic E-state index is -4.65. The third kappa shape index (κ3) is 4.71. The molecule has 9 heteroatoms. The number of halogens is 4. The summed E-state index contributed by atoms with van der Waals surface area (Å²) in [5.41, 5.74) is -0.373. The van der Waals surface area contributed by atoms with Crippen LogP contribution in [0.1, 0.15) is 18.2 Å². The molecule has 0 aliphatic rings. The monoisotopic (exact) mass is 392 g/mol. The lowest BCUT2D eigenvalue weighted by Crippen LogP contribution is -2.33. The second kappa shape index (κ2) is 7.72. The molecule has 0 radical (unpaired) electrons. The highest BCUT2D eigenvalue weighted by molar-refractivity contribution is 7.89. The highest BCUT2D eigenvalue weighted by atomic mass is 35.5. The molecule has 136 valence electrons. The van der Waals surface area contributed by atoms with Gasteiger partial charge in [0.25, 0.3) is 0 Å². The van der Waals surface area contributed by atoms with Gasteiger partial charge in [-0.25, -0.2) is 8.42 Å². The molecular weight excluding hydrogens is 377 g/mol. The molecule has 0 saturated heterocycles. The van der Waals surface area contributed by atoms with E-state index in [0.29, 0.717) is 18.2 Å². The maximum Gasteiger partial charge on any atom is 0.416 e. The topological polar surface area (TPSA) is 50.3 Å². The Balaban J connectivity index is 2.32. The van der Waals surface area contributed by atoms with Gasteiger partial charge in [0.1, 0.15) is 4.90 Å². The summed E-state index contributed by atoms with van der Waals surface area (Å²) in [6.07, 6.45) is -2.73. The van der Waals surface area contributed by atoms with Crippen LogP contribution in [0.2, 0.25) is 5.02 Å². The SMILES string of the molecule is CCN(CCc1ccccn1)S(=O)(=O)c1cc(C(F)(F)F)ccc1Cl. The van der Waals surface area contributed by atoms with Gasteiger partial charge >= 0.3 is 6.18 Å². The average molecular weight is 393 g/mol. The molecule has 0 amide bonds. The van der Waals surface area contributed by atoms with Crippen molar-refractivity contribution >= 4 is 21.6 Å². The highest BCUT2D eigenvalue weighted by Crippen LogP contribution is 2.34. The number of aromatic nitrogens is 1. The number of nitrogens with zero attached hydrogens (tertiary/aromatic N) is 2. The number of rotatable bonds is 6. The predicted octanol–water partition coefficient (Wildman–Crippen LogP) is 4.01. The molecule has 1 aromatic heterocycles. The fourth-order valence-corrected chi connectivity index (χ4v) is 4.20. The van der Waals surface area contributed by atoms with Gasteiger partial charge in [0.15, 0.2) is 0 Å². The Bertz CT molecular complexity index is 827. The Labute approximate surface area is 149 Å². The minimum absolute atomic E-state index is 0.0857. The molecule has 0 aliphatic heterocycles. The zero-order valence-corrected chi connectivity index (χ0v) is 14.9. The van der Waals surface area contributed by atoms with E-state index >= 15 is 0 Å². The molecule has 2 rings (SSSR count). The summed E-state index contributed by atoms with van der Waals surface area (Å²) >= 11 is 5.86. The molecule has 0 unspecified atom stereocenters. The Morgan fingerprint density at radius 1 is 1.20 bits per heavy atom. The average Bonchev–Trinajstić information content (AvgIpc) is 2.55. The van der Waals surface area contributed by atoms with Gasteiger partial charge in [0, 0.05) is 31.4 Å². The fraction of sp³-hybridized carbons (Fsp3) is 0.312. The van der Waals surface area contributed by atoms with Crippen molar-refractivity contribution in [3.8, 4) is 0 Å². The maximum absolute atomic E-state index is 12.9. The van der Waals surface area contributed by atoms with Crippen molar-refractivity contribution in [1.29, 1.82) is 0 Å². The normalized spacial score (nSPS) is 12.6. The number of pyridine rings is 1. The van der Waals surface area contributed by atoms with Gasteiger partial charge in [-0.05, 0) is 30.3 Å². The van der Waals surface area contributed by atoms with Gasteiger partial charge in [-0.2, -0.15) is 17.5 Å². The van der Waals surface area contributed by atoms with Crippen molar-refractivity contribution in [2.45, 2.75) is 24.4 Å². The van der Waals surface area contributed by atoms with Crippen LogP contribution in [0.4, 0.5) is 13.2 Å². The number of sulfonamides is 1. The van der Waals surface area contributed by atoms with E-state index in [1.165, 1.54) is 0 Å². The zero-order chi connectivity index (χ0) is 18.7. The molecular formula is C16H16ClF3N2O2S. The van der Waals surface area contributed by atoms with Crippen LogP contribution in [0, 0.1) is 0 Å². The summed E-state index contributed by atoms with van der Waals surface area (Å²) in [5.74, 6) is 0. The fourth-order valence-electron chi connectivity index (χ4n) is 2.25. The molecule has 25 heavy (non-hydrogen) atoms. The van der Waals surface area contributed by atoms with E-state index in [0.717, 1.165) is 16.4 Å². The summed E-state index contributed by atoms with van der Waals surface area (Å²) in [6, 6.07) is 7.53. The van der Waals surface area contributed by atoms with E-state index in [9.17, 15) is 21.6 Å². The standard InChI is InChI=1S/C16H16ClF3N2O2S/c1-2-22(10-8-13-5-3-4-9-21-13)25(23,24)15-11-12(16(18,19)20)6-7-14(15)17/h3-7,9,11H,2,8,10H2,1H3. The van der Waals surface area contributed by atoms with Crippen LogP contribution in [0.5, 0.6) is 0 Å². The second-order valence-corrected chi connectivity index (χ2v) is 7.52. The molecule has 2 aromatic rings. The third-order valence-corrected chi connectivity index (χ3v) is 6.03. The van der Waals surface area contributed by atoms with Crippen LogP contribution in [-0.4, -0.2) is 30.8 Å². The largest absolute Gasteiger partial charge is 0.416 e.